The lowest BCUT2D eigenvalue weighted by Crippen LogP contribution is -2.10. The van der Waals surface area contributed by atoms with E-state index in [4.69, 9.17) is 0 Å². The van der Waals surface area contributed by atoms with E-state index >= 15 is 0 Å². The number of rotatable bonds is 0. The van der Waals surface area contributed by atoms with Gasteiger partial charge in [-0.05, 0) is 37.6 Å². The van der Waals surface area contributed by atoms with E-state index in [0.29, 0.717) is 11.3 Å². The van der Waals surface area contributed by atoms with Gasteiger partial charge in [-0.25, -0.2) is 4.98 Å². The van der Waals surface area contributed by atoms with Gasteiger partial charge < -0.3 is 0 Å². The van der Waals surface area contributed by atoms with Gasteiger partial charge in [-0.3, -0.25) is 9.78 Å². The van der Waals surface area contributed by atoms with E-state index in [1.165, 1.54) is 0 Å². The Bertz CT molecular complexity index is 781. The maximum Gasteiger partial charge on any atom is 0.192 e. The second-order valence-corrected chi connectivity index (χ2v) is 4.44. The highest BCUT2D eigenvalue weighted by Crippen LogP contribution is 2.19. The number of hydrogen-bond donors (Lipinski definition) is 0. The van der Waals surface area contributed by atoms with Crippen LogP contribution in [0.2, 0.25) is 0 Å². The van der Waals surface area contributed by atoms with Crippen molar-refractivity contribution in [2.45, 2.75) is 13.8 Å². The van der Waals surface area contributed by atoms with Crippen LogP contribution in [0.4, 0.5) is 0 Å². The number of aromatic nitrogens is 2. The summed E-state index contributed by atoms with van der Waals surface area (Å²) in [7, 11) is 0. The third kappa shape index (κ3) is 1.56. The fourth-order valence-corrected chi connectivity index (χ4v) is 2.04. The molecule has 88 valence electrons. The van der Waals surface area contributed by atoms with Gasteiger partial charge in [0.15, 0.2) is 5.43 Å². The van der Waals surface area contributed by atoms with Crippen molar-refractivity contribution < 1.29 is 0 Å². The fraction of sp³-hybridized carbons (Fsp3) is 0.133. The lowest BCUT2D eigenvalue weighted by atomic mass is 10.0. The van der Waals surface area contributed by atoms with Gasteiger partial charge in [-0.1, -0.05) is 12.1 Å². The molecule has 3 rings (SSSR count). The van der Waals surface area contributed by atoms with Crippen LogP contribution in [0.5, 0.6) is 0 Å². The molecule has 1 aliphatic carbocycles. The van der Waals surface area contributed by atoms with Gasteiger partial charge in [0.25, 0.3) is 0 Å². The summed E-state index contributed by atoms with van der Waals surface area (Å²) in [4.78, 5) is 21.1. The third-order valence-corrected chi connectivity index (χ3v) is 3.26. The summed E-state index contributed by atoms with van der Waals surface area (Å²) in [5.74, 6) is 0. The summed E-state index contributed by atoms with van der Waals surface area (Å²) in [6, 6.07) is 9.57. The molecule has 0 fully saturated rings. The normalized spacial score (nSPS) is 11.0. The van der Waals surface area contributed by atoms with Crippen LogP contribution in [0.3, 0.4) is 0 Å². The zero-order valence-electron chi connectivity index (χ0n) is 10.3. The average Bonchev–Trinajstić information content (AvgIpc) is 2.55. The Kier molecular flexibility index (Phi) is 2.33. The van der Waals surface area contributed by atoms with E-state index < -0.39 is 0 Å². The highest BCUT2D eigenvalue weighted by atomic mass is 16.1. The first-order valence-corrected chi connectivity index (χ1v) is 5.83. The molecule has 0 atom stereocenters. The number of para-hydroxylation sites is 2. The lowest BCUT2D eigenvalue weighted by Gasteiger charge is -2.03. The summed E-state index contributed by atoms with van der Waals surface area (Å²) in [6.07, 6.45) is 1.62. The number of aryl methyl sites for hydroxylation is 1. The maximum atomic E-state index is 12.2. The lowest BCUT2D eigenvalue weighted by molar-refractivity contribution is 1.26. The maximum absolute atomic E-state index is 12.2. The molecule has 0 N–H and O–H groups in total. The largest absolute Gasteiger partial charge is 0.289 e. The Labute approximate surface area is 104 Å². The van der Waals surface area contributed by atoms with Crippen molar-refractivity contribution in [3.63, 3.8) is 0 Å². The minimum atomic E-state index is 0.0188. The Morgan fingerprint density at radius 1 is 1.06 bits per heavy atom. The molecule has 0 saturated carbocycles. The number of hydrogen-bond acceptors (Lipinski definition) is 3. The topological polar surface area (TPSA) is 42.9 Å². The first kappa shape index (κ1) is 10.8. The Morgan fingerprint density at radius 3 is 2.56 bits per heavy atom. The van der Waals surface area contributed by atoms with E-state index in [0.717, 1.165) is 22.2 Å². The van der Waals surface area contributed by atoms with E-state index in [9.17, 15) is 4.79 Å². The molecule has 3 nitrogen and oxygen atoms in total. The molecule has 0 unspecified atom stereocenters. The van der Waals surface area contributed by atoms with Gasteiger partial charge in [0, 0.05) is 11.8 Å². The molecule has 1 aliphatic heterocycles. The van der Waals surface area contributed by atoms with Crippen molar-refractivity contribution in [1.82, 2.24) is 9.97 Å². The zero-order valence-corrected chi connectivity index (χ0v) is 10.3. The molecule has 0 radical (unpaired) electrons. The summed E-state index contributed by atoms with van der Waals surface area (Å²) in [5, 5.41) is 0. The van der Waals surface area contributed by atoms with Gasteiger partial charge in [-0.15, -0.1) is 0 Å². The predicted octanol–water partition coefficient (Wildman–Crippen LogP) is 2.71. The van der Waals surface area contributed by atoms with Gasteiger partial charge in [0.1, 0.15) is 0 Å². The van der Waals surface area contributed by atoms with Crippen molar-refractivity contribution in [3.8, 4) is 11.3 Å². The third-order valence-electron chi connectivity index (χ3n) is 3.26. The van der Waals surface area contributed by atoms with Crippen molar-refractivity contribution >= 4 is 11.0 Å². The van der Waals surface area contributed by atoms with Gasteiger partial charge in [0.2, 0.25) is 0 Å². The van der Waals surface area contributed by atoms with E-state index in [1.807, 2.05) is 44.2 Å². The molecule has 1 aromatic rings. The molecule has 3 heteroatoms. The van der Waals surface area contributed by atoms with Crippen molar-refractivity contribution in [1.29, 1.82) is 0 Å². The van der Waals surface area contributed by atoms with Crippen molar-refractivity contribution in [3.05, 3.63) is 57.9 Å². The van der Waals surface area contributed by atoms with Crippen LogP contribution in [0, 0.1) is 13.8 Å². The molecular weight excluding hydrogens is 224 g/mol. The quantitative estimate of drug-likeness (QED) is 0.602. The highest BCUT2D eigenvalue weighted by Gasteiger charge is 2.11. The smallest absolute Gasteiger partial charge is 0.192 e. The van der Waals surface area contributed by atoms with Crippen LogP contribution in [0.1, 0.15) is 11.1 Å². The molecule has 0 amide bonds. The number of fused-ring (bicyclic) bond motifs is 2. The first-order chi connectivity index (χ1) is 8.66. The van der Waals surface area contributed by atoms with Crippen LogP contribution < -0.4 is 5.43 Å². The second kappa shape index (κ2) is 3.88. The number of benzene rings is 2. The SMILES string of the molecule is Cc1cc2nc3ccccc3ncc-2c(=O)c1C. The minimum Gasteiger partial charge on any atom is -0.289 e. The first-order valence-electron chi connectivity index (χ1n) is 5.83. The predicted molar refractivity (Wildman–Crippen MR) is 71.9 cm³/mol. The minimum absolute atomic E-state index is 0.0188. The monoisotopic (exact) mass is 236 g/mol. The van der Waals surface area contributed by atoms with Gasteiger partial charge in [-0.2, -0.15) is 0 Å². The van der Waals surface area contributed by atoms with Gasteiger partial charge >= 0.3 is 0 Å². The summed E-state index contributed by atoms with van der Waals surface area (Å²) in [5.41, 5.74) is 4.63. The number of nitrogens with zero attached hydrogens (tertiary/aromatic N) is 2. The van der Waals surface area contributed by atoms with E-state index in [2.05, 4.69) is 9.97 Å². The van der Waals surface area contributed by atoms with E-state index in [-0.39, 0.29) is 5.43 Å². The molecule has 0 bridgehead atoms. The Hall–Kier alpha value is -2.29. The highest BCUT2D eigenvalue weighted by molar-refractivity contribution is 5.77. The van der Waals surface area contributed by atoms with Crippen LogP contribution in [0.25, 0.3) is 22.3 Å². The average molecular weight is 236 g/mol. The molecular formula is C15H12N2O. The van der Waals surface area contributed by atoms with Crippen LogP contribution >= 0.6 is 0 Å². The Balaban J connectivity index is 2.53. The zero-order chi connectivity index (χ0) is 12.7. The van der Waals surface area contributed by atoms with E-state index in [1.54, 1.807) is 6.20 Å². The fourth-order valence-electron chi connectivity index (χ4n) is 2.04. The molecule has 0 aromatic heterocycles. The van der Waals surface area contributed by atoms with Crippen molar-refractivity contribution in [2.24, 2.45) is 0 Å². The second-order valence-electron chi connectivity index (χ2n) is 4.44. The molecule has 0 spiro atoms. The summed E-state index contributed by atoms with van der Waals surface area (Å²) < 4.78 is 0. The van der Waals surface area contributed by atoms with Gasteiger partial charge in [0.05, 0.1) is 22.3 Å². The standard InChI is InChI=1S/C15H12N2O/c1-9-7-14-11(15(18)10(9)2)8-16-12-5-3-4-6-13(12)17-14/h3-8H,1-2H3. The molecule has 2 aliphatic rings. The molecule has 18 heavy (non-hydrogen) atoms. The molecule has 1 aromatic carbocycles. The molecule has 0 saturated heterocycles. The van der Waals surface area contributed by atoms with Crippen LogP contribution in [-0.4, -0.2) is 9.97 Å². The Morgan fingerprint density at radius 2 is 1.78 bits per heavy atom. The molecule has 1 heterocycles. The summed E-state index contributed by atoms with van der Waals surface area (Å²) >= 11 is 0. The summed E-state index contributed by atoms with van der Waals surface area (Å²) in [6.45, 7) is 3.77. The van der Waals surface area contributed by atoms with Crippen LogP contribution in [-0.2, 0) is 0 Å². The van der Waals surface area contributed by atoms with Crippen molar-refractivity contribution in [2.75, 3.05) is 0 Å². The van der Waals surface area contributed by atoms with Crippen LogP contribution in [0.15, 0.2) is 41.3 Å².